The summed E-state index contributed by atoms with van der Waals surface area (Å²) in [5.74, 6) is 0.0413. The summed E-state index contributed by atoms with van der Waals surface area (Å²) in [5, 5.41) is 7.99. The normalized spacial score (nSPS) is 11.8. The summed E-state index contributed by atoms with van der Waals surface area (Å²) in [6, 6.07) is 8.21. The van der Waals surface area contributed by atoms with Gasteiger partial charge in [-0.3, -0.25) is 4.40 Å². The van der Waals surface area contributed by atoms with Crippen LogP contribution in [0.3, 0.4) is 0 Å². The standard InChI is InChI=1S/C15H11F4N3OS/c16-11-3-1-2-4-12(11)23-7-8-24-14-21-20-13-6-5-10(9-22(13)14)15(17,18)19/h1-6,9H,7-8H2. The maximum absolute atomic E-state index is 13.4. The maximum Gasteiger partial charge on any atom is 0.417 e. The van der Waals surface area contributed by atoms with Gasteiger partial charge in [0.1, 0.15) is 0 Å². The van der Waals surface area contributed by atoms with Crippen molar-refractivity contribution in [2.75, 3.05) is 12.4 Å². The number of pyridine rings is 1. The third kappa shape index (κ3) is 3.61. The highest BCUT2D eigenvalue weighted by atomic mass is 32.2. The van der Waals surface area contributed by atoms with Crippen molar-refractivity contribution in [2.45, 2.75) is 11.3 Å². The van der Waals surface area contributed by atoms with Gasteiger partial charge in [-0.1, -0.05) is 23.9 Å². The van der Waals surface area contributed by atoms with Crippen LogP contribution in [-0.2, 0) is 6.18 Å². The van der Waals surface area contributed by atoms with Crippen LogP contribution in [0.2, 0.25) is 0 Å². The Hall–Kier alpha value is -2.29. The van der Waals surface area contributed by atoms with Crippen LogP contribution in [0.4, 0.5) is 17.6 Å². The summed E-state index contributed by atoms with van der Waals surface area (Å²) >= 11 is 1.18. The molecule has 0 aliphatic rings. The van der Waals surface area contributed by atoms with E-state index in [4.69, 9.17) is 4.74 Å². The van der Waals surface area contributed by atoms with Crippen LogP contribution >= 0.6 is 11.8 Å². The molecule has 0 amide bonds. The molecule has 0 saturated heterocycles. The zero-order valence-electron chi connectivity index (χ0n) is 12.1. The molecule has 4 nitrogen and oxygen atoms in total. The summed E-state index contributed by atoms with van der Waals surface area (Å²) in [7, 11) is 0. The van der Waals surface area contributed by atoms with Gasteiger partial charge in [0.2, 0.25) is 0 Å². The molecule has 0 radical (unpaired) electrons. The number of thioether (sulfide) groups is 1. The monoisotopic (exact) mass is 357 g/mol. The average molecular weight is 357 g/mol. The van der Waals surface area contributed by atoms with Crippen LogP contribution < -0.4 is 4.74 Å². The number of hydrogen-bond acceptors (Lipinski definition) is 4. The van der Waals surface area contributed by atoms with Crippen molar-refractivity contribution >= 4 is 17.4 Å². The Labute approximate surface area is 138 Å². The number of aromatic nitrogens is 3. The van der Waals surface area contributed by atoms with Gasteiger partial charge in [0.15, 0.2) is 22.4 Å². The molecule has 0 N–H and O–H groups in total. The number of rotatable bonds is 5. The fourth-order valence-corrected chi connectivity index (χ4v) is 2.72. The van der Waals surface area contributed by atoms with E-state index < -0.39 is 17.6 Å². The van der Waals surface area contributed by atoms with Crippen LogP contribution in [0.1, 0.15) is 5.56 Å². The number of hydrogen-bond donors (Lipinski definition) is 0. The van der Waals surface area contributed by atoms with Crippen LogP contribution in [0, 0.1) is 5.82 Å². The predicted molar refractivity (Wildman–Crippen MR) is 80.6 cm³/mol. The summed E-state index contributed by atoms with van der Waals surface area (Å²) in [6.07, 6.45) is -3.48. The topological polar surface area (TPSA) is 39.4 Å². The van der Waals surface area contributed by atoms with E-state index in [0.29, 0.717) is 16.6 Å². The highest BCUT2D eigenvalue weighted by Crippen LogP contribution is 2.30. The van der Waals surface area contributed by atoms with Crippen LogP contribution in [0.15, 0.2) is 47.8 Å². The van der Waals surface area contributed by atoms with Crippen LogP contribution in [-0.4, -0.2) is 27.0 Å². The molecule has 0 aliphatic heterocycles. The SMILES string of the molecule is Fc1ccccc1OCCSc1nnc2ccc(C(F)(F)F)cn12. The molecular weight excluding hydrogens is 346 g/mol. The lowest BCUT2D eigenvalue weighted by Crippen LogP contribution is -2.06. The van der Waals surface area contributed by atoms with Crippen molar-refractivity contribution in [2.24, 2.45) is 0 Å². The van der Waals surface area contributed by atoms with Gasteiger partial charge in [0.05, 0.1) is 12.2 Å². The lowest BCUT2D eigenvalue weighted by Gasteiger charge is -2.08. The Balaban J connectivity index is 1.66. The van der Waals surface area contributed by atoms with E-state index in [0.717, 1.165) is 12.3 Å². The van der Waals surface area contributed by atoms with Gasteiger partial charge < -0.3 is 4.74 Å². The minimum Gasteiger partial charge on any atom is -0.490 e. The summed E-state index contributed by atoms with van der Waals surface area (Å²) in [6.45, 7) is 0.180. The minimum atomic E-state index is -4.44. The van der Waals surface area contributed by atoms with Crippen molar-refractivity contribution in [3.05, 3.63) is 54.0 Å². The molecular formula is C15H11F4N3OS. The molecule has 3 aromatic rings. The quantitative estimate of drug-likeness (QED) is 0.392. The molecule has 3 rings (SSSR count). The zero-order valence-corrected chi connectivity index (χ0v) is 12.9. The number of nitrogens with zero attached hydrogens (tertiary/aromatic N) is 3. The molecule has 9 heteroatoms. The number of alkyl halides is 3. The van der Waals surface area contributed by atoms with E-state index in [1.165, 1.54) is 34.4 Å². The van der Waals surface area contributed by atoms with E-state index in [2.05, 4.69) is 10.2 Å². The van der Waals surface area contributed by atoms with Crippen molar-refractivity contribution in [1.29, 1.82) is 0 Å². The molecule has 2 heterocycles. The second kappa shape index (κ2) is 6.68. The predicted octanol–water partition coefficient (Wildman–Crippen LogP) is 4.06. The van der Waals surface area contributed by atoms with Gasteiger partial charge >= 0.3 is 6.18 Å². The molecule has 0 atom stereocenters. The molecule has 2 aromatic heterocycles. The number of benzene rings is 1. The van der Waals surface area contributed by atoms with Crippen molar-refractivity contribution in [3.8, 4) is 5.75 Å². The Morgan fingerprint density at radius 1 is 1.08 bits per heavy atom. The first-order valence-electron chi connectivity index (χ1n) is 6.87. The average Bonchev–Trinajstić information content (AvgIpc) is 2.95. The van der Waals surface area contributed by atoms with E-state index in [9.17, 15) is 17.6 Å². The van der Waals surface area contributed by atoms with Crippen molar-refractivity contribution < 1.29 is 22.3 Å². The first-order valence-corrected chi connectivity index (χ1v) is 7.86. The van der Waals surface area contributed by atoms with E-state index in [-0.39, 0.29) is 12.4 Å². The fraction of sp³-hybridized carbons (Fsp3) is 0.200. The van der Waals surface area contributed by atoms with Crippen LogP contribution in [0.5, 0.6) is 5.75 Å². The highest BCUT2D eigenvalue weighted by Gasteiger charge is 2.31. The summed E-state index contributed by atoms with van der Waals surface area (Å²) in [5.41, 5.74) is -0.459. The minimum absolute atomic E-state index is 0.128. The first-order chi connectivity index (χ1) is 11.4. The second-order valence-electron chi connectivity index (χ2n) is 4.75. The zero-order chi connectivity index (χ0) is 17.2. The number of ether oxygens (including phenoxy) is 1. The molecule has 126 valence electrons. The third-order valence-corrected chi connectivity index (χ3v) is 4.01. The Kier molecular flexibility index (Phi) is 4.61. The molecule has 0 aliphatic carbocycles. The Morgan fingerprint density at radius 3 is 2.62 bits per heavy atom. The lowest BCUT2D eigenvalue weighted by atomic mass is 10.3. The fourth-order valence-electron chi connectivity index (χ4n) is 1.98. The number of fused-ring (bicyclic) bond motifs is 1. The lowest BCUT2D eigenvalue weighted by molar-refractivity contribution is -0.137. The highest BCUT2D eigenvalue weighted by molar-refractivity contribution is 7.99. The Morgan fingerprint density at radius 2 is 1.88 bits per heavy atom. The van der Waals surface area contributed by atoms with Gasteiger partial charge in [0, 0.05) is 11.9 Å². The molecule has 0 bridgehead atoms. The molecule has 1 aromatic carbocycles. The van der Waals surface area contributed by atoms with Gasteiger partial charge in [0.25, 0.3) is 0 Å². The first kappa shape index (κ1) is 16.6. The smallest absolute Gasteiger partial charge is 0.417 e. The van der Waals surface area contributed by atoms with E-state index in [1.54, 1.807) is 12.1 Å². The molecule has 0 saturated carbocycles. The Bertz CT molecular complexity index is 850. The number of halogens is 4. The van der Waals surface area contributed by atoms with Crippen molar-refractivity contribution in [1.82, 2.24) is 14.6 Å². The van der Waals surface area contributed by atoms with E-state index in [1.807, 2.05) is 0 Å². The van der Waals surface area contributed by atoms with Gasteiger partial charge in [-0.15, -0.1) is 10.2 Å². The molecule has 24 heavy (non-hydrogen) atoms. The van der Waals surface area contributed by atoms with Crippen molar-refractivity contribution in [3.63, 3.8) is 0 Å². The molecule has 0 unspecified atom stereocenters. The maximum atomic E-state index is 13.4. The largest absolute Gasteiger partial charge is 0.490 e. The van der Waals surface area contributed by atoms with Gasteiger partial charge in [-0.05, 0) is 24.3 Å². The number of para-hydroxylation sites is 1. The third-order valence-electron chi connectivity index (χ3n) is 3.11. The summed E-state index contributed by atoms with van der Waals surface area (Å²) < 4.78 is 58.3. The van der Waals surface area contributed by atoms with Gasteiger partial charge in [-0.2, -0.15) is 13.2 Å². The molecule has 0 fully saturated rings. The summed E-state index contributed by atoms with van der Waals surface area (Å²) in [4.78, 5) is 0. The second-order valence-corrected chi connectivity index (χ2v) is 5.82. The van der Waals surface area contributed by atoms with Crippen LogP contribution in [0.25, 0.3) is 5.65 Å². The van der Waals surface area contributed by atoms with Gasteiger partial charge in [-0.25, -0.2) is 4.39 Å². The molecule has 0 spiro atoms. The van der Waals surface area contributed by atoms with E-state index >= 15 is 0 Å².